The number of unbranched alkanes of at least 4 members (excludes halogenated alkanes) is 1. The second-order valence-electron chi connectivity index (χ2n) is 7.41. The maximum Gasteiger partial charge on any atom is 0.321 e. The lowest BCUT2D eigenvalue weighted by atomic mass is 10.3. The van der Waals surface area contributed by atoms with E-state index in [-0.39, 0.29) is 24.7 Å². The first-order valence-electron chi connectivity index (χ1n) is 9.93. The smallest absolute Gasteiger partial charge is 0.321 e. The molecule has 0 aliphatic carbocycles. The zero-order valence-corrected chi connectivity index (χ0v) is 17.8. The fourth-order valence-electron chi connectivity index (χ4n) is 3.39. The zero-order chi connectivity index (χ0) is 20.7. The van der Waals surface area contributed by atoms with Gasteiger partial charge in [0.2, 0.25) is 5.91 Å². The van der Waals surface area contributed by atoms with Crippen LogP contribution in [0.5, 0.6) is 0 Å². The van der Waals surface area contributed by atoms with Gasteiger partial charge in [-0.2, -0.15) is 17.0 Å². The van der Waals surface area contributed by atoms with Gasteiger partial charge >= 0.3 is 6.03 Å². The van der Waals surface area contributed by atoms with E-state index in [2.05, 4.69) is 10.6 Å². The quantitative estimate of drug-likeness (QED) is 0.543. The lowest BCUT2D eigenvalue weighted by Crippen LogP contribution is -2.58. The Hall–Kier alpha value is -1.27. The van der Waals surface area contributed by atoms with E-state index in [9.17, 15) is 18.0 Å². The number of hydrogen-bond donors (Lipinski definition) is 2. The maximum absolute atomic E-state index is 12.9. The lowest BCUT2D eigenvalue weighted by Gasteiger charge is -2.40. The average molecular weight is 420 g/mol. The van der Waals surface area contributed by atoms with Crippen molar-refractivity contribution in [3.63, 3.8) is 0 Å². The molecule has 2 rings (SSSR count). The van der Waals surface area contributed by atoms with Crippen molar-refractivity contribution in [3.8, 4) is 0 Å². The maximum atomic E-state index is 12.9. The number of urea groups is 1. The molecule has 2 N–H and O–H groups in total. The molecular formula is C17H33N5O5S. The van der Waals surface area contributed by atoms with Gasteiger partial charge in [-0.05, 0) is 20.3 Å². The lowest BCUT2D eigenvalue weighted by molar-refractivity contribution is -0.121. The molecule has 2 atom stereocenters. The summed E-state index contributed by atoms with van der Waals surface area (Å²) in [6.07, 6.45) is 1.56. The summed E-state index contributed by atoms with van der Waals surface area (Å²) in [5.41, 5.74) is 0. The molecule has 0 radical (unpaired) electrons. The van der Waals surface area contributed by atoms with Gasteiger partial charge in [0.1, 0.15) is 0 Å². The Morgan fingerprint density at radius 1 is 1.04 bits per heavy atom. The summed E-state index contributed by atoms with van der Waals surface area (Å²) < 4.78 is 34.3. The SMILES string of the molecule is CCCCNC(=O)NC(=O)CN1CCN(S(=O)(=O)N2CC(C)OC(C)C2)CC1. The predicted octanol–water partition coefficient (Wildman–Crippen LogP) is -0.416. The minimum atomic E-state index is -3.54. The Labute approximate surface area is 167 Å². The third-order valence-electron chi connectivity index (χ3n) is 4.81. The molecule has 2 heterocycles. The number of rotatable bonds is 7. The minimum absolute atomic E-state index is 0.0701. The number of piperazine rings is 1. The van der Waals surface area contributed by atoms with Crippen LogP contribution in [0.15, 0.2) is 0 Å². The van der Waals surface area contributed by atoms with Crippen molar-refractivity contribution in [2.24, 2.45) is 0 Å². The molecule has 2 aliphatic rings. The van der Waals surface area contributed by atoms with Crippen LogP contribution >= 0.6 is 0 Å². The van der Waals surface area contributed by atoms with Crippen molar-refractivity contribution in [2.45, 2.75) is 45.8 Å². The monoisotopic (exact) mass is 419 g/mol. The van der Waals surface area contributed by atoms with Gasteiger partial charge in [-0.1, -0.05) is 13.3 Å². The molecule has 0 aromatic heterocycles. The van der Waals surface area contributed by atoms with E-state index in [1.54, 1.807) is 0 Å². The van der Waals surface area contributed by atoms with Crippen molar-refractivity contribution in [1.82, 2.24) is 24.1 Å². The van der Waals surface area contributed by atoms with E-state index < -0.39 is 16.2 Å². The van der Waals surface area contributed by atoms with Crippen molar-refractivity contribution in [1.29, 1.82) is 0 Å². The van der Waals surface area contributed by atoms with E-state index >= 15 is 0 Å². The molecule has 0 aromatic rings. The summed E-state index contributed by atoms with van der Waals surface area (Å²) in [5, 5.41) is 4.93. The third kappa shape index (κ3) is 6.66. The van der Waals surface area contributed by atoms with E-state index in [0.29, 0.717) is 45.8 Å². The topological polar surface area (TPSA) is 111 Å². The van der Waals surface area contributed by atoms with Crippen molar-refractivity contribution >= 4 is 22.1 Å². The van der Waals surface area contributed by atoms with E-state index in [1.807, 2.05) is 25.7 Å². The van der Waals surface area contributed by atoms with Crippen LogP contribution in [-0.4, -0.2) is 98.4 Å². The molecule has 0 aromatic carbocycles. The largest absolute Gasteiger partial charge is 0.373 e. The zero-order valence-electron chi connectivity index (χ0n) is 17.0. The molecule has 11 heteroatoms. The van der Waals surface area contributed by atoms with E-state index in [4.69, 9.17) is 4.74 Å². The Morgan fingerprint density at radius 3 is 2.21 bits per heavy atom. The van der Waals surface area contributed by atoms with Crippen molar-refractivity contribution in [2.75, 3.05) is 52.4 Å². The first-order chi connectivity index (χ1) is 13.2. The predicted molar refractivity (Wildman–Crippen MR) is 105 cm³/mol. The summed E-state index contributed by atoms with van der Waals surface area (Å²) in [5.74, 6) is -0.388. The second kappa shape index (κ2) is 10.5. The normalized spacial score (nSPS) is 25.4. The number of amides is 3. The van der Waals surface area contributed by atoms with Crippen LogP contribution in [0.2, 0.25) is 0 Å². The highest BCUT2D eigenvalue weighted by Crippen LogP contribution is 2.18. The van der Waals surface area contributed by atoms with Gasteiger partial charge in [0, 0.05) is 45.8 Å². The van der Waals surface area contributed by atoms with Crippen LogP contribution in [0.3, 0.4) is 0 Å². The number of nitrogens with one attached hydrogen (secondary N) is 2. The highest BCUT2D eigenvalue weighted by Gasteiger charge is 2.36. The summed E-state index contributed by atoms with van der Waals surface area (Å²) in [7, 11) is -3.54. The minimum Gasteiger partial charge on any atom is -0.373 e. The molecule has 2 unspecified atom stereocenters. The molecule has 2 fully saturated rings. The number of carbonyl (C=O) groups is 2. The second-order valence-corrected chi connectivity index (χ2v) is 9.34. The molecule has 10 nitrogen and oxygen atoms in total. The van der Waals surface area contributed by atoms with E-state index in [1.165, 1.54) is 8.61 Å². The van der Waals surface area contributed by atoms with Crippen LogP contribution in [0, 0.1) is 0 Å². The Balaban J connectivity index is 1.77. The molecule has 3 amide bonds. The van der Waals surface area contributed by atoms with Crippen LogP contribution < -0.4 is 10.6 Å². The standard InChI is InChI=1S/C17H33N5O5S/c1-4-5-6-18-17(24)19-16(23)13-20-7-9-21(10-8-20)28(25,26)22-11-14(2)27-15(3)12-22/h14-15H,4-13H2,1-3H3,(H2,18,19,23,24). The van der Waals surface area contributed by atoms with Gasteiger partial charge < -0.3 is 10.1 Å². The van der Waals surface area contributed by atoms with Gasteiger partial charge in [-0.3, -0.25) is 15.0 Å². The summed E-state index contributed by atoms with van der Waals surface area (Å²) >= 11 is 0. The molecule has 162 valence electrons. The first kappa shape index (κ1) is 23.0. The van der Waals surface area contributed by atoms with Crippen LogP contribution in [0.4, 0.5) is 4.79 Å². The number of nitrogens with zero attached hydrogens (tertiary/aromatic N) is 3. The first-order valence-corrected chi connectivity index (χ1v) is 11.3. The van der Waals surface area contributed by atoms with Crippen LogP contribution in [-0.2, 0) is 19.7 Å². The van der Waals surface area contributed by atoms with Crippen molar-refractivity contribution in [3.05, 3.63) is 0 Å². The van der Waals surface area contributed by atoms with Gasteiger partial charge in [0.25, 0.3) is 10.2 Å². The third-order valence-corrected chi connectivity index (χ3v) is 6.77. The van der Waals surface area contributed by atoms with Gasteiger partial charge in [0.05, 0.1) is 18.8 Å². The fourth-order valence-corrected chi connectivity index (χ4v) is 5.14. The Bertz CT molecular complexity index is 626. The van der Waals surface area contributed by atoms with E-state index in [0.717, 1.165) is 12.8 Å². The molecule has 0 bridgehead atoms. The number of ether oxygens (including phenoxy) is 1. The fraction of sp³-hybridized carbons (Fsp3) is 0.882. The van der Waals surface area contributed by atoms with Crippen molar-refractivity contribution < 1.29 is 22.7 Å². The van der Waals surface area contributed by atoms with Gasteiger partial charge in [0.15, 0.2) is 0 Å². The molecule has 0 saturated carbocycles. The summed E-state index contributed by atoms with van der Waals surface area (Å²) in [4.78, 5) is 25.5. The summed E-state index contributed by atoms with van der Waals surface area (Å²) in [6, 6.07) is -0.491. The average Bonchev–Trinajstić information content (AvgIpc) is 2.61. The van der Waals surface area contributed by atoms with Crippen LogP contribution in [0.25, 0.3) is 0 Å². The Kier molecular flexibility index (Phi) is 8.62. The highest BCUT2D eigenvalue weighted by atomic mass is 32.2. The summed E-state index contributed by atoms with van der Waals surface area (Å²) in [6.45, 7) is 8.58. The molecule has 28 heavy (non-hydrogen) atoms. The number of carbonyl (C=O) groups excluding carboxylic acids is 2. The number of imide groups is 1. The molecule has 2 aliphatic heterocycles. The molecule has 0 spiro atoms. The number of hydrogen-bond acceptors (Lipinski definition) is 6. The van der Waals surface area contributed by atoms with Gasteiger partial charge in [-0.15, -0.1) is 0 Å². The molecular weight excluding hydrogens is 386 g/mol. The van der Waals surface area contributed by atoms with Crippen LogP contribution in [0.1, 0.15) is 33.6 Å². The Morgan fingerprint density at radius 2 is 1.64 bits per heavy atom. The highest BCUT2D eigenvalue weighted by molar-refractivity contribution is 7.86. The van der Waals surface area contributed by atoms with Gasteiger partial charge in [-0.25, -0.2) is 4.79 Å². The number of morpholine rings is 1. The molecule has 2 saturated heterocycles.